The molecule has 4 saturated carbocycles. The molecular formula is C39H54N2O4. The molecule has 6 nitrogen and oxygen atoms in total. The summed E-state index contributed by atoms with van der Waals surface area (Å²) < 4.78 is 0. The molecule has 0 aliphatic heterocycles. The summed E-state index contributed by atoms with van der Waals surface area (Å²) >= 11 is 0. The van der Waals surface area contributed by atoms with Crippen LogP contribution in [0.25, 0.3) is 5.57 Å². The highest BCUT2D eigenvalue weighted by molar-refractivity contribution is 5.88. The molecule has 0 unspecified atom stereocenters. The van der Waals surface area contributed by atoms with E-state index in [-0.39, 0.29) is 40.0 Å². The lowest BCUT2D eigenvalue weighted by atomic mass is 9.32. The van der Waals surface area contributed by atoms with Crippen LogP contribution in [0.3, 0.4) is 0 Å². The van der Waals surface area contributed by atoms with Gasteiger partial charge in [-0.15, -0.1) is 0 Å². The Hall–Kier alpha value is -2.73. The highest BCUT2D eigenvalue weighted by atomic mass is 16.4. The second kappa shape index (κ2) is 10.7. The summed E-state index contributed by atoms with van der Waals surface area (Å²) in [6.07, 6.45) is 12.6. The quantitative estimate of drug-likeness (QED) is 0.111. The van der Waals surface area contributed by atoms with Crippen molar-refractivity contribution >= 4 is 23.7 Å². The predicted molar refractivity (Wildman–Crippen MR) is 178 cm³/mol. The number of fused-ring (bicyclic) bond motifs is 7. The molecule has 3 N–H and O–H groups in total. The average molecular weight is 615 g/mol. The first kappa shape index (κ1) is 32.2. The summed E-state index contributed by atoms with van der Waals surface area (Å²) in [5, 5.41) is 10.6. The molecule has 9 atom stereocenters. The number of aldehydes is 1. The van der Waals surface area contributed by atoms with Crippen LogP contribution in [0.5, 0.6) is 0 Å². The number of amides is 1. The lowest BCUT2D eigenvalue weighted by Gasteiger charge is -2.72. The van der Waals surface area contributed by atoms with E-state index in [0.717, 1.165) is 56.8 Å². The Bertz CT molecular complexity index is 1440. The van der Waals surface area contributed by atoms with E-state index in [2.05, 4.69) is 54.2 Å². The maximum absolute atomic E-state index is 14.1. The molecule has 0 bridgehead atoms. The van der Waals surface area contributed by atoms with Crippen molar-refractivity contribution in [3.05, 3.63) is 53.6 Å². The summed E-state index contributed by atoms with van der Waals surface area (Å²) in [4.78, 5) is 36.9. The van der Waals surface area contributed by atoms with Gasteiger partial charge in [-0.2, -0.15) is 0 Å². The fraction of sp³-hybridized carbons (Fsp3) is 0.667. The van der Waals surface area contributed by atoms with E-state index in [1.165, 1.54) is 29.0 Å². The second-order valence-corrected chi connectivity index (χ2v) is 16.9. The zero-order valence-corrected chi connectivity index (χ0v) is 28.3. The van der Waals surface area contributed by atoms with Gasteiger partial charge in [-0.3, -0.25) is 9.80 Å². The van der Waals surface area contributed by atoms with E-state index >= 15 is 0 Å². The van der Waals surface area contributed by atoms with Gasteiger partial charge in [0.15, 0.2) is 0 Å². The van der Waals surface area contributed by atoms with Crippen LogP contribution in [-0.4, -0.2) is 34.8 Å². The summed E-state index contributed by atoms with van der Waals surface area (Å²) in [6, 6.07) is 7.46. The summed E-state index contributed by atoms with van der Waals surface area (Å²) in [5.41, 5.74) is 3.86. The fourth-order valence-electron chi connectivity index (χ4n) is 12.9. The number of carboxylic acid groups (broad SMARTS) is 1. The third-order valence-electron chi connectivity index (χ3n) is 15.0. The first-order valence-electron chi connectivity index (χ1n) is 17.3. The largest absolute Gasteiger partial charge is 0.478 e. The Labute approximate surface area is 269 Å². The highest BCUT2D eigenvalue weighted by Crippen LogP contribution is 2.77. The second-order valence-electron chi connectivity index (χ2n) is 16.9. The number of benzene rings is 1. The number of carbonyl (C=O) groups is 3. The first-order chi connectivity index (χ1) is 21.1. The summed E-state index contributed by atoms with van der Waals surface area (Å²) in [7, 11) is 0. The van der Waals surface area contributed by atoms with Gasteiger partial charge in [-0.1, -0.05) is 65.0 Å². The van der Waals surface area contributed by atoms with Crippen LogP contribution in [0.1, 0.15) is 115 Å². The lowest BCUT2D eigenvalue weighted by Crippen LogP contribution is -2.66. The predicted octanol–water partition coefficient (Wildman–Crippen LogP) is 7.94. The summed E-state index contributed by atoms with van der Waals surface area (Å²) in [6.45, 7) is 19.1. The number of aromatic carboxylic acids is 1. The molecular weight excluding hydrogens is 560 g/mol. The lowest BCUT2D eigenvalue weighted by molar-refractivity contribution is -0.226. The number of hydrogen-bond acceptors (Lipinski definition) is 4. The molecule has 6 heteroatoms. The average Bonchev–Trinajstić information content (AvgIpc) is 3.38. The van der Waals surface area contributed by atoms with Gasteiger partial charge in [0.2, 0.25) is 5.91 Å². The van der Waals surface area contributed by atoms with Gasteiger partial charge in [0.05, 0.1) is 17.5 Å². The van der Waals surface area contributed by atoms with Crippen molar-refractivity contribution in [2.45, 2.75) is 99.3 Å². The van der Waals surface area contributed by atoms with Crippen molar-refractivity contribution in [3.8, 4) is 0 Å². The Balaban J connectivity index is 1.36. The van der Waals surface area contributed by atoms with Gasteiger partial charge >= 0.3 is 5.97 Å². The number of hydrogen-bond donors (Lipinski definition) is 2. The highest BCUT2D eigenvalue weighted by Gasteiger charge is 2.71. The van der Waals surface area contributed by atoms with Crippen LogP contribution in [0.4, 0.5) is 0 Å². The van der Waals surface area contributed by atoms with Crippen LogP contribution in [0, 0.1) is 56.7 Å². The molecule has 0 aromatic heterocycles. The SMILES string of the molecule is C=C(C)[C@@H]1CC[C@]2(C(=O)N(N)CC=O)CC[C@]3(C)[C@H](CC[C@@H]4[C@@]5(C)CC=C(c6ccc(C(=O)O)cc6)C(C)(C)[C@@H]5CC[C@]43C)[C@@H]12. The number of carboxylic acids is 1. The molecule has 1 aromatic rings. The Morgan fingerprint density at radius 2 is 1.64 bits per heavy atom. The van der Waals surface area contributed by atoms with Crippen LogP contribution in [0.2, 0.25) is 0 Å². The van der Waals surface area contributed by atoms with Gasteiger partial charge in [0.1, 0.15) is 6.29 Å². The van der Waals surface area contributed by atoms with E-state index in [9.17, 15) is 19.5 Å². The minimum atomic E-state index is -0.889. The van der Waals surface area contributed by atoms with Crippen LogP contribution >= 0.6 is 0 Å². The van der Waals surface area contributed by atoms with Crippen LogP contribution in [0.15, 0.2) is 42.5 Å². The van der Waals surface area contributed by atoms with Gasteiger partial charge in [0.25, 0.3) is 0 Å². The number of rotatable bonds is 6. The van der Waals surface area contributed by atoms with Gasteiger partial charge in [-0.05, 0) is 139 Å². The number of nitrogens with zero attached hydrogens (tertiary/aromatic N) is 1. The molecule has 1 aromatic carbocycles. The maximum Gasteiger partial charge on any atom is 0.335 e. The molecule has 0 radical (unpaired) electrons. The zero-order valence-electron chi connectivity index (χ0n) is 28.3. The van der Waals surface area contributed by atoms with Gasteiger partial charge in [-0.25, -0.2) is 10.6 Å². The minimum absolute atomic E-state index is 0.0311. The van der Waals surface area contributed by atoms with E-state index < -0.39 is 11.4 Å². The van der Waals surface area contributed by atoms with Crippen molar-refractivity contribution < 1.29 is 19.5 Å². The van der Waals surface area contributed by atoms with Crippen molar-refractivity contribution in [1.29, 1.82) is 0 Å². The third-order valence-corrected chi connectivity index (χ3v) is 15.0. The van der Waals surface area contributed by atoms with Crippen LogP contribution in [-0.2, 0) is 9.59 Å². The van der Waals surface area contributed by atoms with Crippen molar-refractivity contribution in [3.63, 3.8) is 0 Å². The molecule has 4 fully saturated rings. The normalized spacial score (nSPS) is 41.4. The molecule has 45 heavy (non-hydrogen) atoms. The fourth-order valence-corrected chi connectivity index (χ4v) is 12.9. The summed E-state index contributed by atoms with van der Waals surface area (Å²) in [5.74, 6) is 7.37. The van der Waals surface area contributed by atoms with E-state index in [1.807, 2.05) is 12.1 Å². The number of allylic oxidation sites excluding steroid dienone is 3. The molecule has 5 aliphatic carbocycles. The Morgan fingerprint density at radius 3 is 2.27 bits per heavy atom. The van der Waals surface area contributed by atoms with Crippen LogP contribution < -0.4 is 5.84 Å². The number of hydrazine groups is 1. The van der Waals surface area contributed by atoms with Crippen molar-refractivity contribution in [1.82, 2.24) is 5.01 Å². The smallest absolute Gasteiger partial charge is 0.335 e. The van der Waals surface area contributed by atoms with E-state index in [0.29, 0.717) is 29.2 Å². The molecule has 0 heterocycles. The third kappa shape index (κ3) is 4.33. The molecule has 5 aliphatic rings. The molecule has 6 rings (SSSR count). The minimum Gasteiger partial charge on any atom is -0.478 e. The maximum atomic E-state index is 14.1. The Kier molecular flexibility index (Phi) is 7.63. The topological polar surface area (TPSA) is 101 Å². The molecule has 1 amide bonds. The Morgan fingerprint density at radius 1 is 0.956 bits per heavy atom. The standard InChI is InChI=1S/C39H54N2O4/c1-24(2)27-14-19-39(34(45)41(40)22-23-42)21-20-37(6)29(32(27)39)12-13-31-36(5)17-15-28(25-8-10-26(11-9-25)33(43)44)35(3,4)30(36)16-18-38(31,37)7/h8-11,15,23,27,29-32H,1,12-14,16-22,40H2,2-7H3,(H,43,44)/t27-,29+,30-,31+,32+,36-,37+,38+,39-/m0/s1. The number of carbonyl (C=O) groups excluding carboxylic acids is 2. The van der Waals surface area contributed by atoms with Crippen molar-refractivity contribution in [2.75, 3.05) is 6.54 Å². The first-order valence-corrected chi connectivity index (χ1v) is 17.3. The van der Waals surface area contributed by atoms with Gasteiger partial charge < -0.3 is 9.90 Å². The van der Waals surface area contributed by atoms with E-state index in [4.69, 9.17) is 5.84 Å². The molecule has 0 spiro atoms. The van der Waals surface area contributed by atoms with E-state index in [1.54, 1.807) is 12.1 Å². The number of nitrogens with two attached hydrogens (primary N) is 1. The van der Waals surface area contributed by atoms with Gasteiger partial charge in [0, 0.05) is 0 Å². The zero-order chi connectivity index (χ0) is 32.7. The molecule has 244 valence electrons. The monoisotopic (exact) mass is 614 g/mol. The van der Waals surface area contributed by atoms with Crippen molar-refractivity contribution in [2.24, 2.45) is 62.5 Å². The molecule has 0 saturated heterocycles.